The number of sulfonamides is 1. The second kappa shape index (κ2) is 15.3. The van der Waals surface area contributed by atoms with Gasteiger partial charge in [0, 0.05) is 25.2 Å². The Hall–Kier alpha value is -4.00. The fourth-order valence-corrected chi connectivity index (χ4v) is 5.96. The highest BCUT2D eigenvalue weighted by Crippen LogP contribution is 2.29. The number of nitrogen functional groups attached to an aromatic ring is 1. The third-order valence-corrected chi connectivity index (χ3v) is 8.88. The lowest BCUT2D eigenvalue weighted by molar-refractivity contribution is -0.123. The molecule has 226 valence electrons. The van der Waals surface area contributed by atoms with Crippen molar-refractivity contribution >= 4 is 27.7 Å². The molecule has 0 spiro atoms. The van der Waals surface area contributed by atoms with E-state index in [2.05, 4.69) is 10.6 Å². The van der Waals surface area contributed by atoms with E-state index in [1.807, 2.05) is 60.7 Å². The van der Waals surface area contributed by atoms with E-state index < -0.39 is 52.8 Å². The number of alkyl halides is 1. The van der Waals surface area contributed by atoms with Crippen LogP contribution in [-0.4, -0.2) is 75.4 Å². The maximum absolute atomic E-state index is 15.1. The molecule has 42 heavy (non-hydrogen) atoms. The first kappa shape index (κ1) is 32.5. The summed E-state index contributed by atoms with van der Waals surface area (Å²) in [5, 5.41) is 15.2. The summed E-state index contributed by atoms with van der Waals surface area (Å²) in [4.78, 5) is 25.6. The number of amides is 2. The third-order valence-electron chi connectivity index (χ3n) is 6.96. The Kier molecular flexibility index (Phi) is 11.8. The summed E-state index contributed by atoms with van der Waals surface area (Å²) in [6.07, 6.45) is -2.79. The summed E-state index contributed by atoms with van der Waals surface area (Å²) in [6.45, 7) is -0.694. The maximum Gasteiger partial charge on any atom is 0.407 e. The summed E-state index contributed by atoms with van der Waals surface area (Å²) in [5.74, 6) is -1.12. The SMILES string of the molecule is COC(=O)N[C@H](C(=O)NCCC(F)C[C@@H](CO)N(C)S(=O)(=O)c1ccc(N)cc1)C(c1ccccc1)c1ccccc1. The number of hydrogen-bond donors (Lipinski definition) is 4. The standard InChI is InChI=1S/C30H37FN4O6S/c1-35(42(39,40)26-15-13-24(32)14-16-26)25(20-36)19-23(31)17-18-33-29(37)28(34-30(38)41-2)27(21-9-5-3-6-10-21)22-11-7-4-8-12-22/h3-16,23,25,27-28,36H,17-20,32H2,1-2H3,(H,33,37)(H,34,38)/t23?,25-,28-/m0/s1. The normalized spacial score (nSPS) is 13.8. The van der Waals surface area contributed by atoms with Crippen molar-refractivity contribution in [3.8, 4) is 0 Å². The molecule has 0 saturated carbocycles. The first-order valence-corrected chi connectivity index (χ1v) is 14.8. The van der Waals surface area contributed by atoms with E-state index in [1.165, 1.54) is 38.4 Å². The molecule has 0 aromatic heterocycles. The summed E-state index contributed by atoms with van der Waals surface area (Å²) in [7, 11) is -1.54. The van der Waals surface area contributed by atoms with Crippen LogP contribution in [0, 0.1) is 0 Å². The molecule has 0 heterocycles. The lowest BCUT2D eigenvalue weighted by Gasteiger charge is -2.28. The number of methoxy groups -OCH3 is 1. The summed E-state index contributed by atoms with van der Waals surface area (Å²) in [5.41, 5.74) is 7.58. The predicted molar refractivity (Wildman–Crippen MR) is 158 cm³/mol. The number of hydrogen-bond acceptors (Lipinski definition) is 7. The zero-order valence-electron chi connectivity index (χ0n) is 23.5. The number of rotatable bonds is 14. The Labute approximate surface area is 245 Å². The number of carbonyl (C=O) groups excluding carboxylic acids is 2. The van der Waals surface area contributed by atoms with Crippen molar-refractivity contribution in [3.05, 3.63) is 96.1 Å². The van der Waals surface area contributed by atoms with Crippen molar-refractivity contribution in [2.75, 3.05) is 33.0 Å². The van der Waals surface area contributed by atoms with Gasteiger partial charge in [0.05, 0.1) is 24.7 Å². The largest absolute Gasteiger partial charge is 0.453 e. The molecule has 0 fully saturated rings. The number of benzene rings is 3. The van der Waals surface area contributed by atoms with Crippen LogP contribution in [0.15, 0.2) is 89.8 Å². The summed E-state index contributed by atoms with van der Waals surface area (Å²) in [6, 6.07) is 21.8. The first-order chi connectivity index (χ1) is 20.1. The molecule has 3 atom stereocenters. The Balaban J connectivity index is 1.69. The number of anilines is 1. The molecule has 2 amide bonds. The number of likely N-dealkylation sites (N-methyl/N-ethyl adjacent to an activating group) is 1. The number of aliphatic hydroxyl groups is 1. The van der Waals surface area contributed by atoms with Gasteiger partial charge in [0.1, 0.15) is 12.2 Å². The van der Waals surface area contributed by atoms with Gasteiger partial charge in [-0.25, -0.2) is 17.6 Å². The number of aliphatic hydroxyl groups excluding tert-OH is 1. The molecule has 3 rings (SSSR count). The second-order valence-electron chi connectivity index (χ2n) is 9.75. The van der Waals surface area contributed by atoms with Crippen LogP contribution in [0.25, 0.3) is 0 Å². The van der Waals surface area contributed by atoms with Crippen LogP contribution in [-0.2, 0) is 19.6 Å². The van der Waals surface area contributed by atoms with Crippen LogP contribution in [0.1, 0.15) is 29.9 Å². The maximum atomic E-state index is 15.1. The van der Waals surface area contributed by atoms with Gasteiger partial charge in [-0.15, -0.1) is 0 Å². The van der Waals surface area contributed by atoms with E-state index in [4.69, 9.17) is 10.5 Å². The Morgan fingerprint density at radius 3 is 2.02 bits per heavy atom. The van der Waals surface area contributed by atoms with Crippen LogP contribution in [0.5, 0.6) is 0 Å². The molecule has 3 aromatic rings. The molecule has 5 N–H and O–H groups in total. The molecule has 0 radical (unpaired) electrons. The molecular weight excluding hydrogens is 563 g/mol. The monoisotopic (exact) mass is 600 g/mol. The lowest BCUT2D eigenvalue weighted by atomic mass is 9.84. The zero-order chi connectivity index (χ0) is 30.7. The Bertz CT molecular complexity index is 1350. The van der Waals surface area contributed by atoms with Crippen LogP contribution < -0.4 is 16.4 Å². The Morgan fingerprint density at radius 2 is 1.52 bits per heavy atom. The zero-order valence-corrected chi connectivity index (χ0v) is 24.3. The fraction of sp³-hybridized carbons (Fsp3) is 0.333. The van der Waals surface area contributed by atoms with E-state index in [0.717, 1.165) is 15.4 Å². The molecule has 3 aromatic carbocycles. The number of nitrogens with zero attached hydrogens (tertiary/aromatic N) is 1. The first-order valence-electron chi connectivity index (χ1n) is 13.4. The number of nitrogens with one attached hydrogen (secondary N) is 2. The lowest BCUT2D eigenvalue weighted by Crippen LogP contribution is -2.50. The van der Waals surface area contributed by atoms with E-state index in [0.29, 0.717) is 5.69 Å². The van der Waals surface area contributed by atoms with E-state index in [-0.39, 0.29) is 24.3 Å². The molecule has 0 bridgehead atoms. The molecule has 0 aliphatic heterocycles. The van der Waals surface area contributed by atoms with Gasteiger partial charge >= 0.3 is 6.09 Å². The number of carbonyl (C=O) groups is 2. The van der Waals surface area contributed by atoms with Gasteiger partial charge in [-0.3, -0.25) is 4.79 Å². The Morgan fingerprint density at radius 1 is 0.976 bits per heavy atom. The third kappa shape index (κ3) is 8.51. The van der Waals surface area contributed by atoms with Gasteiger partial charge in [-0.05, 0) is 48.2 Å². The highest BCUT2D eigenvalue weighted by atomic mass is 32.2. The van der Waals surface area contributed by atoms with Crippen LogP contribution in [0.3, 0.4) is 0 Å². The molecular formula is C30H37FN4O6S. The van der Waals surface area contributed by atoms with Gasteiger partial charge < -0.3 is 26.2 Å². The van der Waals surface area contributed by atoms with Crippen molar-refractivity contribution in [2.24, 2.45) is 0 Å². The van der Waals surface area contributed by atoms with Crippen LogP contribution in [0.4, 0.5) is 14.9 Å². The van der Waals surface area contributed by atoms with E-state index >= 15 is 4.39 Å². The number of nitrogens with two attached hydrogens (primary N) is 1. The fourth-order valence-electron chi connectivity index (χ4n) is 4.60. The molecule has 0 aliphatic carbocycles. The molecule has 0 saturated heterocycles. The summed E-state index contributed by atoms with van der Waals surface area (Å²) >= 11 is 0. The quantitative estimate of drug-likeness (QED) is 0.208. The molecule has 10 nitrogen and oxygen atoms in total. The number of halogens is 1. The molecule has 0 aliphatic rings. The van der Waals surface area contributed by atoms with Crippen LogP contribution in [0.2, 0.25) is 0 Å². The minimum absolute atomic E-state index is 0.0316. The molecule has 1 unspecified atom stereocenters. The van der Waals surface area contributed by atoms with Crippen molar-refractivity contribution < 1.29 is 32.2 Å². The topological polar surface area (TPSA) is 151 Å². The smallest absolute Gasteiger partial charge is 0.407 e. The molecule has 12 heteroatoms. The van der Waals surface area contributed by atoms with Gasteiger partial charge in [-0.2, -0.15) is 4.31 Å². The van der Waals surface area contributed by atoms with Crippen molar-refractivity contribution in [2.45, 2.75) is 41.9 Å². The minimum atomic E-state index is -4.00. The minimum Gasteiger partial charge on any atom is -0.453 e. The summed E-state index contributed by atoms with van der Waals surface area (Å²) < 4.78 is 46.7. The van der Waals surface area contributed by atoms with Gasteiger partial charge in [0.2, 0.25) is 15.9 Å². The second-order valence-corrected chi connectivity index (χ2v) is 11.7. The van der Waals surface area contributed by atoms with Crippen molar-refractivity contribution in [3.63, 3.8) is 0 Å². The number of ether oxygens (including phenoxy) is 1. The highest BCUT2D eigenvalue weighted by molar-refractivity contribution is 7.89. The van der Waals surface area contributed by atoms with Crippen molar-refractivity contribution in [1.82, 2.24) is 14.9 Å². The number of alkyl carbamates (subject to hydrolysis) is 1. The van der Waals surface area contributed by atoms with E-state index in [1.54, 1.807) is 0 Å². The van der Waals surface area contributed by atoms with Crippen molar-refractivity contribution in [1.29, 1.82) is 0 Å². The average Bonchev–Trinajstić information content (AvgIpc) is 3.00. The van der Waals surface area contributed by atoms with Gasteiger partial charge in [0.25, 0.3) is 0 Å². The highest BCUT2D eigenvalue weighted by Gasteiger charge is 2.33. The average molecular weight is 601 g/mol. The van der Waals surface area contributed by atoms with Gasteiger partial charge in [0.15, 0.2) is 0 Å². The predicted octanol–water partition coefficient (Wildman–Crippen LogP) is 3.04. The van der Waals surface area contributed by atoms with Gasteiger partial charge in [-0.1, -0.05) is 60.7 Å². The van der Waals surface area contributed by atoms with E-state index in [9.17, 15) is 23.1 Å². The van der Waals surface area contributed by atoms with Crippen LogP contribution >= 0.6 is 0 Å².